The molecule has 1 unspecified atom stereocenters. The van der Waals surface area contributed by atoms with E-state index in [0.717, 1.165) is 5.01 Å². The number of piperidine rings is 1. The van der Waals surface area contributed by atoms with Crippen molar-refractivity contribution < 1.29 is 31.6 Å². The molecular formula is C25H26F5N5O2S. The Morgan fingerprint density at radius 3 is 2.50 bits per heavy atom. The fourth-order valence-corrected chi connectivity index (χ4v) is 5.94. The lowest BCUT2D eigenvalue weighted by Gasteiger charge is -2.35. The molecule has 1 amide bonds. The Hall–Kier alpha value is -3.09. The molecule has 13 heteroatoms. The minimum absolute atomic E-state index is 0.110. The minimum atomic E-state index is -4.51. The summed E-state index contributed by atoms with van der Waals surface area (Å²) >= 11 is 1.45. The molecule has 3 aliphatic rings. The number of carbonyl (C=O) groups excluding carboxylic acids is 1. The summed E-state index contributed by atoms with van der Waals surface area (Å²) in [6, 6.07) is 3.65. The van der Waals surface area contributed by atoms with Crippen LogP contribution in [0.1, 0.15) is 67.8 Å². The highest BCUT2D eigenvalue weighted by molar-refractivity contribution is 7.10. The number of halogens is 5. The second-order valence-corrected chi connectivity index (χ2v) is 11.2. The van der Waals surface area contributed by atoms with E-state index in [0.29, 0.717) is 37.3 Å². The van der Waals surface area contributed by atoms with E-state index in [9.17, 15) is 26.7 Å². The van der Waals surface area contributed by atoms with Crippen LogP contribution >= 0.6 is 11.3 Å². The largest absolute Gasteiger partial charge is 0.431 e. The van der Waals surface area contributed by atoms with E-state index in [1.807, 2.05) is 5.38 Å². The Morgan fingerprint density at radius 1 is 1.18 bits per heavy atom. The van der Waals surface area contributed by atoms with Gasteiger partial charge in [-0.2, -0.15) is 18.3 Å². The number of amides is 1. The molecule has 7 nitrogen and oxygen atoms in total. The molecule has 38 heavy (non-hydrogen) atoms. The molecular weight excluding hydrogens is 529 g/mol. The van der Waals surface area contributed by atoms with Gasteiger partial charge in [-0.25, -0.2) is 13.8 Å². The maximum atomic E-state index is 14.1. The second kappa shape index (κ2) is 9.90. The molecule has 0 bridgehead atoms. The van der Waals surface area contributed by atoms with Gasteiger partial charge in [0.2, 0.25) is 5.91 Å². The van der Waals surface area contributed by atoms with Crippen LogP contribution in [0.2, 0.25) is 0 Å². The number of thiazole rings is 1. The predicted molar refractivity (Wildman–Crippen MR) is 131 cm³/mol. The number of nitrogens with zero attached hydrogens (tertiary/aromatic N) is 5. The van der Waals surface area contributed by atoms with Crippen molar-refractivity contribution in [2.24, 2.45) is 10.3 Å². The number of hydrogen-bond acceptors (Lipinski definition) is 7. The quantitative estimate of drug-likeness (QED) is 0.464. The van der Waals surface area contributed by atoms with E-state index < -0.39 is 35.2 Å². The SMILES string of the molecule is CC1(C)CC(C(F)(F)F)=NN1CC(=O)N1CCC(c2nc(C3=NOC(c4c(F)cccc4F)C3)cs2)CC1. The van der Waals surface area contributed by atoms with Crippen molar-refractivity contribution in [2.45, 2.75) is 63.3 Å². The maximum absolute atomic E-state index is 14.1. The summed E-state index contributed by atoms with van der Waals surface area (Å²) in [6.07, 6.45) is -4.12. The standard InChI is InChI=1S/C25H26F5N5O2S/c1-24(2)11-20(25(28,29)30)32-35(24)12-21(36)34-8-6-14(7-9-34)23-31-18(13-38-23)17-10-19(37-33-17)22-15(26)4-3-5-16(22)27/h3-5,13-14,19H,6-12H2,1-2H3. The average molecular weight is 556 g/mol. The van der Waals surface area contributed by atoms with Crippen molar-refractivity contribution in [3.63, 3.8) is 0 Å². The Morgan fingerprint density at radius 2 is 1.87 bits per heavy atom. The third-order valence-corrected chi connectivity index (χ3v) is 8.16. The number of benzene rings is 1. The first-order valence-corrected chi connectivity index (χ1v) is 13.1. The van der Waals surface area contributed by atoms with Crippen LogP contribution in [0.15, 0.2) is 33.8 Å². The van der Waals surface area contributed by atoms with Gasteiger partial charge in [0, 0.05) is 37.2 Å². The first-order chi connectivity index (χ1) is 17.9. The number of rotatable bonds is 5. The van der Waals surface area contributed by atoms with Crippen LogP contribution in [0, 0.1) is 11.6 Å². The van der Waals surface area contributed by atoms with E-state index in [1.54, 1.807) is 18.7 Å². The van der Waals surface area contributed by atoms with Gasteiger partial charge in [-0.3, -0.25) is 9.80 Å². The van der Waals surface area contributed by atoms with Crippen LogP contribution in [-0.4, -0.2) is 63.6 Å². The summed E-state index contributed by atoms with van der Waals surface area (Å²) in [7, 11) is 0. The lowest BCUT2D eigenvalue weighted by atomic mass is 9.96. The molecule has 2 aromatic rings. The Balaban J connectivity index is 1.16. The van der Waals surface area contributed by atoms with Gasteiger partial charge in [0.05, 0.1) is 21.8 Å². The van der Waals surface area contributed by atoms with Crippen LogP contribution < -0.4 is 0 Å². The molecule has 1 atom stereocenters. The normalized spacial score (nSPS) is 21.9. The molecule has 0 radical (unpaired) electrons. The molecule has 3 aliphatic heterocycles. The zero-order valence-electron chi connectivity index (χ0n) is 20.8. The highest BCUT2D eigenvalue weighted by Gasteiger charge is 2.46. The van der Waals surface area contributed by atoms with Crippen molar-refractivity contribution >= 4 is 28.7 Å². The zero-order chi connectivity index (χ0) is 27.2. The molecule has 1 saturated heterocycles. The highest BCUT2D eigenvalue weighted by Crippen LogP contribution is 2.36. The predicted octanol–water partition coefficient (Wildman–Crippen LogP) is 5.40. The molecule has 5 rings (SSSR count). The average Bonchev–Trinajstić information content (AvgIpc) is 3.58. The molecule has 0 spiro atoms. The van der Waals surface area contributed by atoms with Crippen LogP contribution in [0.5, 0.6) is 0 Å². The molecule has 0 aliphatic carbocycles. The van der Waals surface area contributed by atoms with Crippen LogP contribution in [0.25, 0.3) is 0 Å². The molecule has 0 saturated carbocycles. The molecule has 4 heterocycles. The molecule has 1 aromatic carbocycles. The van der Waals surface area contributed by atoms with Gasteiger partial charge < -0.3 is 9.74 Å². The second-order valence-electron chi connectivity index (χ2n) is 10.3. The van der Waals surface area contributed by atoms with E-state index in [4.69, 9.17) is 4.84 Å². The van der Waals surface area contributed by atoms with Gasteiger partial charge in [0.1, 0.15) is 29.6 Å². The summed E-state index contributed by atoms with van der Waals surface area (Å²) in [5.74, 6) is -1.52. The van der Waals surface area contributed by atoms with Crippen molar-refractivity contribution in [3.05, 3.63) is 51.5 Å². The first kappa shape index (κ1) is 26.5. The first-order valence-electron chi connectivity index (χ1n) is 12.2. The Kier molecular flexibility index (Phi) is 6.91. The number of carbonyl (C=O) groups is 1. The third kappa shape index (κ3) is 5.25. The van der Waals surface area contributed by atoms with Crippen molar-refractivity contribution in [1.82, 2.24) is 14.9 Å². The van der Waals surface area contributed by atoms with E-state index >= 15 is 0 Å². The van der Waals surface area contributed by atoms with Crippen molar-refractivity contribution in [3.8, 4) is 0 Å². The molecule has 1 fully saturated rings. The van der Waals surface area contributed by atoms with Gasteiger partial charge >= 0.3 is 6.18 Å². The van der Waals surface area contributed by atoms with Crippen molar-refractivity contribution in [2.75, 3.05) is 19.6 Å². The molecule has 1 aromatic heterocycles. The maximum Gasteiger partial charge on any atom is 0.431 e. The number of oxime groups is 1. The number of aromatic nitrogens is 1. The van der Waals surface area contributed by atoms with Gasteiger partial charge in [-0.15, -0.1) is 11.3 Å². The van der Waals surface area contributed by atoms with Gasteiger partial charge in [0.25, 0.3) is 0 Å². The number of hydrogen-bond donors (Lipinski definition) is 0. The number of alkyl halides is 3. The van der Waals surface area contributed by atoms with E-state index in [2.05, 4.69) is 15.2 Å². The summed E-state index contributed by atoms with van der Waals surface area (Å²) in [4.78, 5) is 24.5. The highest BCUT2D eigenvalue weighted by atomic mass is 32.1. The smallest absolute Gasteiger partial charge is 0.387 e. The Labute approximate surface area is 220 Å². The fourth-order valence-electron chi connectivity index (χ4n) is 4.94. The number of likely N-dealkylation sites (tertiary alicyclic amines) is 1. The number of hydrazone groups is 1. The lowest BCUT2D eigenvalue weighted by Crippen LogP contribution is -2.46. The topological polar surface area (TPSA) is 70.4 Å². The summed E-state index contributed by atoms with van der Waals surface area (Å²) < 4.78 is 67.5. The molecule has 0 N–H and O–H groups in total. The summed E-state index contributed by atoms with van der Waals surface area (Å²) in [6.45, 7) is 4.00. The zero-order valence-corrected chi connectivity index (χ0v) is 21.6. The van der Waals surface area contributed by atoms with Crippen LogP contribution in [0.4, 0.5) is 22.0 Å². The lowest BCUT2D eigenvalue weighted by molar-refractivity contribution is -0.134. The third-order valence-electron chi connectivity index (χ3n) is 7.16. The fraction of sp³-hybridized carbons (Fsp3) is 0.520. The van der Waals surface area contributed by atoms with Gasteiger partial charge in [-0.05, 0) is 38.8 Å². The molecule has 204 valence electrons. The monoisotopic (exact) mass is 555 g/mol. The van der Waals surface area contributed by atoms with Crippen LogP contribution in [-0.2, 0) is 9.63 Å². The van der Waals surface area contributed by atoms with Crippen molar-refractivity contribution in [1.29, 1.82) is 0 Å². The van der Waals surface area contributed by atoms with E-state index in [-0.39, 0.29) is 36.8 Å². The van der Waals surface area contributed by atoms with Gasteiger partial charge in [0.15, 0.2) is 6.10 Å². The van der Waals surface area contributed by atoms with Crippen LogP contribution in [0.3, 0.4) is 0 Å². The summed E-state index contributed by atoms with van der Waals surface area (Å²) in [5.41, 5.74) is -0.801. The minimum Gasteiger partial charge on any atom is -0.387 e. The van der Waals surface area contributed by atoms with E-state index in [1.165, 1.54) is 34.5 Å². The Bertz CT molecular complexity index is 1260. The summed E-state index contributed by atoms with van der Waals surface area (Å²) in [5, 5.41) is 11.6. The van der Waals surface area contributed by atoms with Gasteiger partial charge in [-0.1, -0.05) is 11.2 Å².